The van der Waals surface area contributed by atoms with E-state index in [1.807, 2.05) is 43.3 Å². The molecular formula is C22H27N5O2. The first-order valence-corrected chi connectivity index (χ1v) is 10.1. The van der Waals surface area contributed by atoms with Gasteiger partial charge in [-0.25, -0.2) is 4.98 Å². The van der Waals surface area contributed by atoms with E-state index < -0.39 is 0 Å². The number of anilines is 3. The van der Waals surface area contributed by atoms with Gasteiger partial charge in [-0.1, -0.05) is 17.7 Å². The maximum absolute atomic E-state index is 12.7. The Morgan fingerprint density at radius 2 is 1.79 bits per heavy atom. The van der Waals surface area contributed by atoms with Gasteiger partial charge >= 0.3 is 0 Å². The molecule has 2 aromatic rings. The Labute approximate surface area is 171 Å². The quantitative estimate of drug-likeness (QED) is 0.862. The highest BCUT2D eigenvalue weighted by Gasteiger charge is 2.35. The number of hydrogen-bond acceptors (Lipinski definition) is 5. The highest BCUT2D eigenvalue weighted by atomic mass is 16.2. The third-order valence-corrected chi connectivity index (χ3v) is 5.68. The van der Waals surface area contributed by atoms with Crippen molar-refractivity contribution in [2.75, 3.05) is 54.9 Å². The zero-order valence-corrected chi connectivity index (χ0v) is 17.0. The number of nitrogens with one attached hydrogen (secondary N) is 1. The number of hydrogen-bond donors (Lipinski definition) is 1. The molecule has 1 aromatic carbocycles. The first kappa shape index (κ1) is 19.4. The summed E-state index contributed by atoms with van der Waals surface area (Å²) in [4.78, 5) is 35.8. The van der Waals surface area contributed by atoms with E-state index in [4.69, 9.17) is 0 Å². The van der Waals surface area contributed by atoms with E-state index in [9.17, 15) is 9.59 Å². The first-order chi connectivity index (χ1) is 14.0. The number of aromatic nitrogens is 1. The van der Waals surface area contributed by atoms with Crippen LogP contribution in [0.3, 0.4) is 0 Å². The lowest BCUT2D eigenvalue weighted by Gasteiger charge is -2.33. The Balaban J connectivity index is 1.35. The lowest BCUT2D eigenvalue weighted by Crippen LogP contribution is -2.44. The topological polar surface area (TPSA) is 68.8 Å². The van der Waals surface area contributed by atoms with Gasteiger partial charge in [0.2, 0.25) is 11.8 Å². The van der Waals surface area contributed by atoms with Gasteiger partial charge in [-0.2, -0.15) is 0 Å². The number of piperazine rings is 1. The molecule has 0 radical (unpaired) electrons. The summed E-state index contributed by atoms with van der Waals surface area (Å²) in [5.74, 6) is 0.415. The summed E-state index contributed by atoms with van der Waals surface area (Å²) in [6.45, 7) is 6.36. The predicted molar refractivity (Wildman–Crippen MR) is 114 cm³/mol. The molecule has 7 nitrogen and oxygen atoms in total. The molecule has 2 aliphatic rings. The van der Waals surface area contributed by atoms with Crippen LogP contribution in [0.4, 0.5) is 17.2 Å². The number of carbonyl (C=O) groups is 2. The summed E-state index contributed by atoms with van der Waals surface area (Å²) in [5.41, 5.74) is 2.64. The summed E-state index contributed by atoms with van der Waals surface area (Å²) in [5, 5.41) is 2.92. The first-order valence-electron chi connectivity index (χ1n) is 10.1. The number of nitrogens with zero attached hydrogens (tertiary/aromatic N) is 4. The number of pyridine rings is 1. The SMILES string of the molecule is Cc1ccc(N2C[C@H](C(=O)Nc3ccc(N4CCN(C)CC4)nc3)CC2=O)cc1. The van der Waals surface area contributed by atoms with E-state index in [0.29, 0.717) is 12.2 Å². The summed E-state index contributed by atoms with van der Waals surface area (Å²) in [7, 11) is 2.12. The van der Waals surface area contributed by atoms with Crippen LogP contribution in [0.25, 0.3) is 0 Å². The van der Waals surface area contributed by atoms with Crippen LogP contribution in [0, 0.1) is 12.8 Å². The maximum Gasteiger partial charge on any atom is 0.229 e. The van der Waals surface area contributed by atoms with Crippen molar-refractivity contribution in [2.45, 2.75) is 13.3 Å². The average molecular weight is 393 g/mol. The lowest BCUT2D eigenvalue weighted by molar-refractivity contribution is -0.122. The fourth-order valence-electron chi connectivity index (χ4n) is 3.78. The van der Waals surface area contributed by atoms with Gasteiger partial charge < -0.3 is 20.0 Å². The van der Waals surface area contributed by atoms with Crippen LogP contribution in [0.5, 0.6) is 0 Å². The van der Waals surface area contributed by atoms with Crippen molar-refractivity contribution in [3.8, 4) is 0 Å². The molecule has 2 amide bonds. The van der Waals surface area contributed by atoms with Gasteiger partial charge in [-0.05, 0) is 38.2 Å². The van der Waals surface area contributed by atoms with Crippen molar-refractivity contribution in [1.82, 2.24) is 9.88 Å². The van der Waals surface area contributed by atoms with Crippen molar-refractivity contribution in [2.24, 2.45) is 5.92 Å². The fourth-order valence-corrected chi connectivity index (χ4v) is 3.78. The number of benzene rings is 1. The standard InChI is InChI=1S/C22H27N5O2/c1-16-3-6-19(7-4-16)27-15-17(13-21(27)28)22(29)24-18-5-8-20(23-14-18)26-11-9-25(2)10-12-26/h3-8,14,17H,9-13,15H2,1-2H3,(H,24,29)/t17-/m1/s1. The molecular weight excluding hydrogens is 366 g/mol. The van der Waals surface area contributed by atoms with Crippen LogP contribution in [-0.4, -0.2) is 61.5 Å². The van der Waals surface area contributed by atoms with E-state index in [1.54, 1.807) is 11.1 Å². The van der Waals surface area contributed by atoms with Crippen LogP contribution in [0.1, 0.15) is 12.0 Å². The molecule has 0 saturated carbocycles. The van der Waals surface area contributed by atoms with Crippen molar-refractivity contribution in [1.29, 1.82) is 0 Å². The maximum atomic E-state index is 12.7. The number of rotatable bonds is 4. The third kappa shape index (κ3) is 4.40. The highest BCUT2D eigenvalue weighted by Crippen LogP contribution is 2.26. The normalized spacial score (nSPS) is 20.2. The third-order valence-electron chi connectivity index (χ3n) is 5.68. The highest BCUT2D eigenvalue weighted by molar-refractivity contribution is 6.03. The van der Waals surface area contributed by atoms with Gasteiger partial charge in [0.15, 0.2) is 0 Å². The lowest BCUT2D eigenvalue weighted by atomic mass is 10.1. The molecule has 152 valence electrons. The second kappa shape index (κ2) is 8.21. The van der Waals surface area contributed by atoms with Crippen molar-refractivity contribution < 1.29 is 9.59 Å². The zero-order valence-electron chi connectivity index (χ0n) is 17.0. The molecule has 0 unspecified atom stereocenters. The van der Waals surface area contributed by atoms with E-state index >= 15 is 0 Å². The summed E-state index contributed by atoms with van der Waals surface area (Å²) in [6.07, 6.45) is 1.92. The Morgan fingerprint density at radius 1 is 1.07 bits per heavy atom. The molecule has 0 spiro atoms. The van der Waals surface area contributed by atoms with Gasteiger partial charge in [0, 0.05) is 44.8 Å². The van der Waals surface area contributed by atoms with Crippen molar-refractivity contribution in [3.05, 3.63) is 48.2 Å². The van der Waals surface area contributed by atoms with E-state index in [2.05, 4.69) is 27.1 Å². The molecule has 0 aliphatic carbocycles. The second-order valence-electron chi connectivity index (χ2n) is 7.93. The molecule has 4 rings (SSSR count). The molecule has 1 N–H and O–H groups in total. The van der Waals surface area contributed by atoms with Crippen LogP contribution in [0.15, 0.2) is 42.6 Å². The van der Waals surface area contributed by atoms with Gasteiger partial charge in [0.05, 0.1) is 17.8 Å². The summed E-state index contributed by atoms with van der Waals surface area (Å²) in [6, 6.07) is 11.6. The fraction of sp³-hybridized carbons (Fsp3) is 0.409. The van der Waals surface area contributed by atoms with E-state index in [0.717, 1.165) is 43.2 Å². The van der Waals surface area contributed by atoms with Crippen LogP contribution in [-0.2, 0) is 9.59 Å². The predicted octanol–water partition coefficient (Wildman–Crippen LogP) is 2.13. The van der Waals surface area contributed by atoms with Crippen molar-refractivity contribution >= 4 is 29.0 Å². The Morgan fingerprint density at radius 3 is 2.45 bits per heavy atom. The number of amides is 2. The summed E-state index contributed by atoms with van der Waals surface area (Å²) < 4.78 is 0. The van der Waals surface area contributed by atoms with Crippen molar-refractivity contribution in [3.63, 3.8) is 0 Å². The van der Waals surface area contributed by atoms with Crippen LogP contribution >= 0.6 is 0 Å². The number of aryl methyl sites for hydroxylation is 1. The van der Waals surface area contributed by atoms with Crippen LogP contribution < -0.4 is 15.1 Å². The summed E-state index contributed by atoms with van der Waals surface area (Å²) >= 11 is 0. The van der Waals surface area contributed by atoms with Gasteiger partial charge in [-0.3, -0.25) is 9.59 Å². The zero-order chi connectivity index (χ0) is 20.4. The monoisotopic (exact) mass is 393 g/mol. The van der Waals surface area contributed by atoms with E-state index in [-0.39, 0.29) is 24.2 Å². The van der Waals surface area contributed by atoms with Gasteiger partial charge in [0.1, 0.15) is 5.82 Å². The molecule has 1 aromatic heterocycles. The Bertz CT molecular complexity index is 873. The second-order valence-corrected chi connectivity index (χ2v) is 7.93. The van der Waals surface area contributed by atoms with Crippen LogP contribution in [0.2, 0.25) is 0 Å². The molecule has 29 heavy (non-hydrogen) atoms. The molecule has 0 bridgehead atoms. The molecule has 2 fully saturated rings. The molecule has 2 aliphatic heterocycles. The van der Waals surface area contributed by atoms with E-state index in [1.165, 1.54) is 0 Å². The molecule has 1 atom stereocenters. The largest absolute Gasteiger partial charge is 0.354 e. The minimum absolute atomic E-state index is 0.0162. The molecule has 2 saturated heterocycles. The number of likely N-dealkylation sites (N-methyl/N-ethyl adjacent to an activating group) is 1. The minimum Gasteiger partial charge on any atom is -0.354 e. The Hall–Kier alpha value is -2.93. The smallest absolute Gasteiger partial charge is 0.229 e. The van der Waals surface area contributed by atoms with Gasteiger partial charge in [0.25, 0.3) is 0 Å². The average Bonchev–Trinajstić information content (AvgIpc) is 3.12. The Kier molecular flexibility index (Phi) is 5.49. The molecule has 7 heteroatoms. The van der Waals surface area contributed by atoms with Gasteiger partial charge in [-0.15, -0.1) is 0 Å². The minimum atomic E-state index is -0.360. The molecule has 3 heterocycles. The number of carbonyl (C=O) groups excluding carboxylic acids is 2.